The summed E-state index contributed by atoms with van der Waals surface area (Å²) >= 11 is 0. The van der Waals surface area contributed by atoms with Gasteiger partial charge in [-0.15, -0.1) is 0 Å². The summed E-state index contributed by atoms with van der Waals surface area (Å²) in [5.41, 5.74) is 1.83. The Bertz CT molecular complexity index is 693. The minimum Gasteiger partial charge on any atom is -0.444 e. The molecule has 2 aromatic rings. The maximum absolute atomic E-state index is 5.56. The standard InChI is InChI=1S/C19H27N5O/c1-14(24(3)17-9-10-17)11-21-19(20-2)22-12-16-13-25-18(23-16)15-7-5-4-6-8-15/h4-8,13-14,17H,9-12H2,1-3H3,(H2,20,21,22). The van der Waals surface area contributed by atoms with E-state index in [9.17, 15) is 0 Å². The maximum atomic E-state index is 5.56. The van der Waals surface area contributed by atoms with Gasteiger partial charge >= 0.3 is 0 Å². The summed E-state index contributed by atoms with van der Waals surface area (Å²) in [4.78, 5) is 11.2. The number of nitrogens with one attached hydrogen (secondary N) is 2. The summed E-state index contributed by atoms with van der Waals surface area (Å²) in [5.74, 6) is 1.42. The zero-order valence-electron chi connectivity index (χ0n) is 15.2. The van der Waals surface area contributed by atoms with Crippen LogP contribution in [0.15, 0.2) is 46.0 Å². The van der Waals surface area contributed by atoms with Gasteiger partial charge < -0.3 is 15.1 Å². The smallest absolute Gasteiger partial charge is 0.226 e. The molecule has 3 rings (SSSR count). The molecule has 134 valence electrons. The number of aromatic nitrogens is 1. The summed E-state index contributed by atoms with van der Waals surface area (Å²) in [7, 11) is 3.98. The lowest BCUT2D eigenvalue weighted by atomic mass is 10.2. The average Bonchev–Trinajstić information content (AvgIpc) is 3.39. The van der Waals surface area contributed by atoms with Gasteiger partial charge in [0.15, 0.2) is 5.96 Å². The summed E-state index contributed by atoms with van der Waals surface area (Å²) in [6.07, 6.45) is 4.33. The molecule has 1 saturated carbocycles. The fourth-order valence-corrected chi connectivity index (χ4v) is 2.73. The third kappa shape index (κ3) is 4.82. The Hall–Kier alpha value is -2.34. The highest BCUT2D eigenvalue weighted by Gasteiger charge is 2.28. The number of oxazole rings is 1. The van der Waals surface area contributed by atoms with Crippen LogP contribution >= 0.6 is 0 Å². The van der Waals surface area contributed by atoms with E-state index in [0.29, 0.717) is 18.5 Å². The van der Waals surface area contributed by atoms with Crippen LogP contribution in [0.5, 0.6) is 0 Å². The zero-order valence-corrected chi connectivity index (χ0v) is 15.2. The van der Waals surface area contributed by atoms with Crippen LogP contribution in [0.2, 0.25) is 0 Å². The van der Waals surface area contributed by atoms with Crippen LogP contribution in [0, 0.1) is 0 Å². The maximum Gasteiger partial charge on any atom is 0.226 e. The summed E-state index contributed by atoms with van der Waals surface area (Å²) in [6, 6.07) is 11.1. The summed E-state index contributed by atoms with van der Waals surface area (Å²) < 4.78 is 5.56. The van der Waals surface area contributed by atoms with E-state index < -0.39 is 0 Å². The van der Waals surface area contributed by atoms with Crippen molar-refractivity contribution in [1.82, 2.24) is 20.5 Å². The molecule has 0 amide bonds. The van der Waals surface area contributed by atoms with Gasteiger partial charge in [-0.2, -0.15) is 0 Å². The van der Waals surface area contributed by atoms with Gasteiger partial charge in [0.1, 0.15) is 6.26 Å². The number of benzene rings is 1. The number of hydrogen-bond acceptors (Lipinski definition) is 4. The van der Waals surface area contributed by atoms with Crippen LogP contribution in [0.4, 0.5) is 0 Å². The molecule has 1 heterocycles. The van der Waals surface area contributed by atoms with Gasteiger partial charge in [0.2, 0.25) is 5.89 Å². The average molecular weight is 341 g/mol. The van der Waals surface area contributed by atoms with Crippen molar-refractivity contribution in [3.8, 4) is 11.5 Å². The fraction of sp³-hybridized carbons (Fsp3) is 0.474. The molecule has 1 aliphatic rings. The fourth-order valence-electron chi connectivity index (χ4n) is 2.73. The molecule has 0 bridgehead atoms. The molecule has 1 unspecified atom stereocenters. The highest BCUT2D eigenvalue weighted by molar-refractivity contribution is 5.79. The van der Waals surface area contributed by atoms with E-state index in [0.717, 1.165) is 29.8 Å². The lowest BCUT2D eigenvalue weighted by Crippen LogP contribution is -2.45. The largest absolute Gasteiger partial charge is 0.444 e. The first-order chi connectivity index (χ1) is 12.2. The highest BCUT2D eigenvalue weighted by Crippen LogP contribution is 2.26. The minimum atomic E-state index is 0.475. The Morgan fingerprint density at radius 1 is 1.32 bits per heavy atom. The molecule has 1 aromatic heterocycles. The van der Waals surface area contributed by atoms with Crippen LogP contribution in [-0.2, 0) is 6.54 Å². The number of likely N-dealkylation sites (N-methyl/N-ethyl adjacent to an activating group) is 1. The first-order valence-electron chi connectivity index (χ1n) is 8.83. The lowest BCUT2D eigenvalue weighted by molar-refractivity contribution is 0.247. The molecule has 0 aliphatic heterocycles. The molecular weight excluding hydrogens is 314 g/mol. The van der Waals surface area contributed by atoms with Crippen molar-refractivity contribution in [3.05, 3.63) is 42.3 Å². The van der Waals surface area contributed by atoms with E-state index in [2.05, 4.69) is 39.5 Å². The molecule has 1 fully saturated rings. The van der Waals surface area contributed by atoms with E-state index in [1.54, 1.807) is 13.3 Å². The summed E-state index contributed by atoms with van der Waals surface area (Å²) in [6.45, 7) is 3.67. The molecule has 0 spiro atoms. The first-order valence-corrected chi connectivity index (χ1v) is 8.83. The molecular formula is C19H27N5O. The molecule has 2 N–H and O–H groups in total. The lowest BCUT2D eigenvalue weighted by Gasteiger charge is -2.25. The second-order valence-corrected chi connectivity index (χ2v) is 6.56. The van der Waals surface area contributed by atoms with Crippen molar-refractivity contribution in [3.63, 3.8) is 0 Å². The van der Waals surface area contributed by atoms with Crippen LogP contribution < -0.4 is 10.6 Å². The van der Waals surface area contributed by atoms with Gasteiger partial charge in [0.25, 0.3) is 0 Å². The third-order valence-electron chi connectivity index (χ3n) is 4.62. The predicted molar refractivity (Wildman–Crippen MR) is 100 cm³/mol. The van der Waals surface area contributed by atoms with Crippen molar-refractivity contribution < 1.29 is 4.42 Å². The van der Waals surface area contributed by atoms with Crippen molar-refractivity contribution >= 4 is 5.96 Å². The monoisotopic (exact) mass is 341 g/mol. The number of guanidine groups is 1. The van der Waals surface area contributed by atoms with E-state index in [-0.39, 0.29) is 0 Å². The Kier molecular flexibility index (Phi) is 5.71. The number of rotatable bonds is 7. The minimum absolute atomic E-state index is 0.475. The SMILES string of the molecule is CN=C(NCc1coc(-c2ccccc2)n1)NCC(C)N(C)C1CC1. The molecule has 1 aliphatic carbocycles. The molecule has 6 heteroatoms. The van der Waals surface area contributed by atoms with Gasteiger partial charge in [-0.25, -0.2) is 4.98 Å². The summed E-state index contributed by atoms with van der Waals surface area (Å²) in [5, 5.41) is 6.67. The normalized spacial score (nSPS) is 16.1. The van der Waals surface area contributed by atoms with Crippen LogP contribution in [0.1, 0.15) is 25.5 Å². The number of hydrogen-bond donors (Lipinski definition) is 2. The van der Waals surface area contributed by atoms with Gasteiger partial charge in [-0.05, 0) is 38.9 Å². The Balaban J connectivity index is 1.47. The Morgan fingerprint density at radius 2 is 2.08 bits per heavy atom. The Morgan fingerprint density at radius 3 is 2.76 bits per heavy atom. The first kappa shape index (κ1) is 17.5. The Labute approximate surface area is 149 Å². The van der Waals surface area contributed by atoms with Crippen molar-refractivity contribution in [2.45, 2.75) is 38.4 Å². The topological polar surface area (TPSA) is 65.7 Å². The van der Waals surface area contributed by atoms with Crippen LogP contribution in [0.25, 0.3) is 11.5 Å². The molecule has 1 aromatic carbocycles. The number of nitrogens with zero attached hydrogens (tertiary/aromatic N) is 3. The van der Waals surface area contributed by atoms with Crippen molar-refractivity contribution in [2.24, 2.45) is 4.99 Å². The molecule has 6 nitrogen and oxygen atoms in total. The van der Waals surface area contributed by atoms with Crippen molar-refractivity contribution in [1.29, 1.82) is 0 Å². The van der Waals surface area contributed by atoms with Crippen molar-refractivity contribution in [2.75, 3.05) is 20.6 Å². The second-order valence-electron chi connectivity index (χ2n) is 6.56. The zero-order chi connectivity index (χ0) is 17.6. The van der Waals surface area contributed by atoms with Crippen LogP contribution in [0.3, 0.4) is 0 Å². The molecule has 0 radical (unpaired) electrons. The predicted octanol–water partition coefficient (Wildman–Crippen LogP) is 2.49. The van der Waals surface area contributed by atoms with Gasteiger partial charge in [0.05, 0.1) is 12.2 Å². The van der Waals surface area contributed by atoms with E-state index >= 15 is 0 Å². The van der Waals surface area contributed by atoms with Gasteiger partial charge in [-0.1, -0.05) is 18.2 Å². The molecule has 25 heavy (non-hydrogen) atoms. The third-order valence-corrected chi connectivity index (χ3v) is 4.62. The number of aliphatic imine (C=N–C) groups is 1. The quantitative estimate of drug-likeness (QED) is 0.598. The van der Waals surface area contributed by atoms with Gasteiger partial charge in [-0.3, -0.25) is 9.89 Å². The van der Waals surface area contributed by atoms with Crippen LogP contribution in [-0.4, -0.2) is 48.6 Å². The van der Waals surface area contributed by atoms with E-state index in [1.807, 2.05) is 30.3 Å². The molecule has 1 atom stereocenters. The highest BCUT2D eigenvalue weighted by atomic mass is 16.3. The van der Waals surface area contributed by atoms with E-state index in [4.69, 9.17) is 4.42 Å². The second kappa shape index (κ2) is 8.16. The molecule has 0 saturated heterocycles. The van der Waals surface area contributed by atoms with E-state index in [1.165, 1.54) is 12.8 Å². The van der Waals surface area contributed by atoms with Gasteiger partial charge in [0, 0.05) is 31.2 Å².